The lowest BCUT2D eigenvalue weighted by Gasteiger charge is -2.06. The van der Waals surface area contributed by atoms with Crippen molar-refractivity contribution < 1.29 is 4.79 Å². The third kappa shape index (κ3) is 2.85. The molecule has 0 aliphatic rings. The molecule has 0 radical (unpaired) electrons. The molecule has 0 saturated heterocycles. The van der Waals surface area contributed by atoms with E-state index in [9.17, 15) is 9.59 Å². The topological polar surface area (TPSA) is 51.1 Å². The Bertz CT molecular complexity index is 603. The fourth-order valence-corrected chi connectivity index (χ4v) is 1.61. The quantitative estimate of drug-likeness (QED) is 0.882. The molecule has 1 aromatic heterocycles. The monoisotopic (exact) mass is 242 g/mol. The minimum absolute atomic E-state index is 0.130. The van der Waals surface area contributed by atoms with Gasteiger partial charge < -0.3 is 9.88 Å². The van der Waals surface area contributed by atoms with Crippen molar-refractivity contribution in [3.8, 4) is 0 Å². The van der Waals surface area contributed by atoms with Crippen molar-refractivity contribution in [1.29, 1.82) is 0 Å². The fraction of sp³-hybridized carbons (Fsp3) is 0.143. The molecule has 0 spiro atoms. The van der Waals surface area contributed by atoms with E-state index in [1.807, 2.05) is 30.3 Å². The van der Waals surface area contributed by atoms with Gasteiger partial charge in [-0.3, -0.25) is 9.59 Å². The molecule has 1 amide bonds. The van der Waals surface area contributed by atoms with Crippen molar-refractivity contribution in [1.82, 2.24) is 9.88 Å². The van der Waals surface area contributed by atoms with Gasteiger partial charge in [0.05, 0.1) is 5.56 Å². The van der Waals surface area contributed by atoms with Crippen LogP contribution < -0.4 is 10.9 Å². The molecule has 4 heteroatoms. The Kier molecular flexibility index (Phi) is 3.57. The average Bonchev–Trinajstić information content (AvgIpc) is 2.40. The van der Waals surface area contributed by atoms with Gasteiger partial charge in [0, 0.05) is 25.9 Å². The number of nitrogens with one attached hydrogen (secondary N) is 1. The van der Waals surface area contributed by atoms with Crippen molar-refractivity contribution in [2.75, 3.05) is 0 Å². The van der Waals surface area contributed by atoms with Crippen LogP contribution in [-0.4, -0.2) is 10.5 Å². The van der Waals surface area contributed by atoms with E-state index in [1.165, 1.54) is 22.9 Å². The van der Waals surface area contributed by atoms with Gasteiger partial charge in [-0.1, -0.05) is 30.3 Å². The van der Waals surface area contributed by atoms with Crippen molar-refractivity contribution in [2.24, 2.45) is 7.05 Å². The number of carbonyl (C=O) groups is 1. The van der Waals surface area contributed by atoms with E-state index in [1.54, 1.807) is 7.05 Å². The Balaban J connectivity index is 2.04. The zero-order valence-corrected chi connectivity index (χ0v) is 10.1. The summed E-state index contributed by atoms with van der Waals surface area (Å²) < 4.78 is 1.39. The van der Waals surface area contributed by atoms with Crippen molar-refractivity contribution in [3.63, 3.8) is 0 Å². The smallest absolute Gasteiger partial charge is 0.253 e. The van der Waals surface area contributed by atoms with Crippen LogP contribution in [0.5, 0.6) is 0 Å². The Morgan fingerprint density at radius 3 is 2.56 bits per heavy atom. The number of benzene rings is 1. The highest BCUT2D eigenvalue weighted by Gasteiger charge is 2.05. The van der Waals surface area contributed by atoms with E-state index in [4.69, 9.17) is 0 Å². The standard InChI is InChI=1S/C14H14N2O2/c1-16-10-12(7-8-13(16)17)14(18)15-9-11-5-3-2-4-6-11/h2-8,10H,9H2,1H3,(H,15,18). The van der Waals surface area contributed by atoms with E-state index in [2.05, 4.69) is 5.32 Å². The number of amides is 1. The van der Waals surface area contributed by atoms with Gasteiger partial charge in [-0.2, -0.15) is 0 Å². The molecule has 0 aliphatic carbocycles. The molecule has 0 saturated carbocycles. The van der Waals surface area contributed by atoms with Gasteiger partial charge in [0.1, 0.15) is 0 Å². The van der Waals surface area contributed by atoms with Gasteiger partial charge in [-0.15, -0.1) is 0 Å². The van der Waals surface area contributed by atoms with Crippen LogP contribution in [0.1, 0.15) is 15.9 Å². The van der Waals surface area contributed by atoms with Crippen LogP contribution in [-0.2, 0) is 13.6 Å². The number of carbonyl (C=O) groups excluding carboxylic acids is 1. The second-order valence-corrected chi connectivity index (χ2v) is 4.04. The number of aryl methyl sites for hydroxylation is 1. The third-order valence-electron chi connectivity index (χ3n) is 2.64. The molecule has 0 fully saturated rings. The molecule has 2 aromatic rings. The second kappa shape index (κ2) is 5.31. The maximum Gasteiger partial charge on any atom is 0.253 e. The summed E-state index contributed by atoms with van der Waals surface area (Å²) in [5.41, 5.74) is 1.39. The molecule has 0 aliphatic heterocycles. The molecule has 92 valence electrons. The molecule has 0 unspecified atom stereocenters. The highest BCUT2D eigenvalue weighted by molar-refractivity contribution is 5.93. The molecule has 1 aromatic carbocycles. The van der Waals surface area contributed by atoms with Crippen molar-refractivity contribution in [3.05, 3.63) is 70.1 Å². The van der Waals surface area contributed by atoms with Crippen molar-refractivity contribution in [2.45, 2.75) is 6.54 Å². The van der Waals surface area contributed by atoms with Gasteiger partial charge in [0.25, 0.3) is 5.91 Å². The molecule has 0 atom stereocenters. The first kappa shape index (κ1) is 12.1. The predicted molar refractivity (Wildman–Crippen MR) is 69.3 cm³/mol. The Labute approximate surface area is 105 Å². The second-order valence-electron chi connectivity index (χ2n) is 4.04. The summed E-state index contributed by atoms with van der Waals surface area (Å²) in [5, 5.41) is 2.81. The summed E-state index contributed by atoms with van der Waals surface area (Å²) in [4.78, 5) is 23.1. The van der Waals surface area contributed by atoms with Crippen LogP contribution in [0.3, 0.4) is 0 Å². The van der Waals surface area contributed by atoms with Crippen LogP contribution in [0.2, 0.25) is 0 Å². The molecule has 0 bridgehead atoms. The number of pyridine rings is 1. The number of rotatable bonds is 3. The number of aromatic nitrogens is 1. The van der Waals surface area contributed by atoms with Crippen LogP contribution in [0.4, 0.5) is 0 Å². The van der Waals surface area contributed by atoms with E-state index in [-0.39, 0.29) is 11.5 Å². The first-order chi connectivity index (χ1) is 8.66. The lowest BCUT2D eigenvalue weighted by molar-refractivity contribution is 0.0950. The van der Waals surface area contributed by atoms with Crippen molar-refractivity contribution >= 4 is 5.91 Å². The fourth-order valence-electron chi connectivity index (χ4n) is 1.61. The van der Waals surface area contributed by atoms with E-state index < -0.39 is 0 Å². The lowest BCUT2D eigenvalue weighted by atomic mass is 10.2. The first-order valence-electron chi connectivity index (χ1n) is 5.65. The van der Waals surface area contributed by atoms with E-state index in [0.29, 0.717) is 12.1 Å². The van der Waals surface area contributed by atoms with Gasteiger partial charge in [-0.25, -0.2) is 0 Å². The van der Waals surface area contributed by atoms with Crippen LogP contribution in [0.15, 0.2) is 53.5 Å². The largest absolute Gasteiger partial charge is 0.348 e. The van der Waals surface area contributed by atoms with Crippen LogP contribution in [0.25, 0.3) is 0 Å². The maximum absolute atomic E-state index is 11.9. The molecular weight excluding hydrogens is 228 g/mol. The summed E-state index contributed by atoms with van der Waals surface area (Å²) in [6.07, 6.45) is 1.53. The molecule has 2 rings (SSSR count). The Hall–Kier alpha value is -2.36. The number of hydrogen-bond acceptors (Lipinski definition) is 2. The average molecular weight is 242 g/mol. The Morgan fingerprint density at radius 2 is 1.89 bits per heavy atom. The summed E-state index contributed by atoms with van der Waals surface area (Å²) in [6, 6.07) is 12.6. The van der Waals surface area contributed by atoms with Gasteiger partial charge in [0.2, 0.25) is 5.56 Å². The highest BCUT2D eigenvalue weighted by Crippen LogP contribution is 1.99. The normalized spacial score (nSPS) is 10.1. The minimum atomic E-state index is -0.186. The zero-order chi connectivity index (χ0) is 13.0. The molecule has 1 heterocycles. The number of nitrogens with zero attached hydrogens (tertiary/aromatic N) is 1. The SMILES string of the molecule is Cn1cc(C(=O)NCc2ccccc2)ccc1=O. The molecule has 4 nitrogen and oxygen atoms in total. The number of hydrogen-bond donors (Lipinski definition) is 1. The molecular formula is C14H14N2O2. The minimum Gasteiger partial charge on any atom is -0.348 e. The summed E-state index contributed by atoms with van der Waals surface area (Å²) in [5.74, 6) is -0.186. The highest BCUT2D eigenvalue weighted by atomic mass is 16.1. The first-order valence-corrected chi connectivity index (χ1v) is 5.65. The summed E-state index contributed by atoms with van der Waals surface area (Å²) >= 11 is 0. The van der Waals surface area contributed by atoms with Crippen LogP contribution in [0, 0.1) is 0 Å². The zero-order valence-electron chi connectivity index (χ0n) is 10.1. The van der Waals surface area contributed by atoms with Gasteiger partial charge >= 0.3 is 0 Å². The van der Waals surface area contributed by atoms with E-state index >= 15 is 0 Å². The van der Waals surface area contributed by atoms with Crippen LogP contribution >= 0.6 is 0 Å². The summed E-state index contributed by atoms with van der Waals surface area (Å²) in [7, 11) is 1.62. The maximum atomic E-state index is 11.9. The summed E-state index contributed by atoms with van der Waals surface area (Å²) in [6.45, 7) is 0.475. The lowest BCUT2D eigenvalue weighted by Crippen LogP contribution is -2.25. The predicted octanol–water partition coefficient (Wildman–Crippen LogP) is 1.32. The van der Waals surface area contributed by atoms with Gasteiger partial charge in [0.15, 0.2) is 0 Å². The Morgan fingerprint density at radius 1 is 1.17 bits per heavy atom. The molecule has 1 N–H and O–H groups in total. The molecule has 18 heavy (non-hydrogen) atoms. The third-order valence-corrected chi connectivity index (χ3v) is 2.64. The van der Waals surface area contributed by atoms with Gasteiger partial charge in [-0.05, 0) is 11.6 Å². The van der Waals surface area contributed by atoms with E-state index in [0.717, 1.165) is 5.56 Å².